The molecule has 2 aromatic carbocycles. The van der Waals surface area contributed by atoms with Gasteiger partial charge in [-0.25, -0.2) is 13.8 Å². The molecule has 134 valence electrons. The van der Waals surface area contributed by atoms with Crippen LogP contribution in [0.25, 0.3) is 0 Å². The number of halogens is 2. The van der Waals surface area contributed by atoms with E-state index in [1.165, 1.54) is 19.4 Å². The molecule has 0 atom stereocenters. The first-order chi connectivity index (χ1) is 12.6. The van der Waals surface area contributed by atoms with Crippen LogP contribution in [0.2, 0.25) is 0 Å². The molecule has 6 nitrogen and oxygen atoms in total. The van der Waals surface area contributed by atoms with Gasteiger partial charge in [-0.15, -0.1) is 0 Å². The molecule has 3 aromatic rings. The first-order valence-electron chi connectivity index (χ1n) is 7.63. The summed E-state index contributed by atoms with van der Waals surface area (Å²) in [5.74, 6) is 0.465. The van der Waals surface area contributed by atoms with Crippen molar-refractivity contribution in [1.82, 2.24) is 9.97 Å². The Morgan fingerprint density at radius 2 is 1.69 bits per heavy atom. The molecular weight excluding hydrogens is 342 g/mol. The van der Waals surface area contributed by atoms with Gasteiger partial charge in [0.1, 0.15) is 29.0 Å². The van der Waals surface area contributed by atoms with Gasteiger partial charge < -0.3 is 20.1 Å². The third-order valence-electron chi connectivity index (χ3n) is 3.50. The lowest BCUT2D eigenvalue weighted by atomic mass is 10.2. The van der Waals surface area contributed by atoms with Gasteiger partial charge in [0.05, 0.1) is 25.6 Å². The number of nitrogens with zero attached hydrogens (tertiary/aromatic N) is 2. The predicted octanol–water partition coefficient (Wildman–Crippen LogP) is 4.26. The number of anilines is 4. The molecule has 0 aliphatic carbocycles. The molecule has 0 unspecified atom stereocenters. The SMILES string of the molecule is COc1ccc(Nc2nccc(Nc3ccc(F)cc3F)n2)c(OC)c1. The van der Waals surface area contributed by atoms with Crippen molar-refractivity contribution in [2.45, 2.75) is 0 Å². The molecule has 0 fully saturated rings. The lowest BCUT2D eigenvalue weighted by Gasteiger charge is -2.12. The first kappa shape index (κ1) is 17.4. The molecule has 0 saturated carbocycles. The maximum Gasteiger partial charge on any atom is 0.229 e. The van der Waals surface area contributed by atoms with Crippen LogP contribution in [0.5, 0.6) is 11.5 Å². The van der Waals surface area contributed by atoms with Crippen LogP contribution >= 0.6 is 0 Å². The average molecular weight is 358 g/mol. The molecule has 1 aromatic heterocycles. The highest BCUT2D eigenvalue weighted by atomic mass is 19.1. The van der Waals surface area contributed by atoms with E-state index in [-0.39, 0.29) is 11.6 Å². The number of benzene rings is 2. The maximum absolute atomic E-state index is 13.8. The van der Waals surface area contributed by atoms with Crippen LogP contribution in [-0.2, 0) is 0 Å². The first-order valence-corrected chi connectivity index (χ1v) is 7.63. The van der Waals surface area contributed by atoms with Gasteiger partial charge in [0, 0.05) is 18.3 Å². The second-order valence-electron chi connectivity index (χ2n) is 5.21. The minimum Gasteiger partial charge on any atom is -0.497 e. The van der Waals surface area contributed by atoms with Gasteiger partial charge in [-0.2, -0.15) is 4.98 Å². The van der Waals surface area contributed by atoms with E-state index in [2.05, 4.69) is 20.6 Å². The van der Waals surface area contributed by atoms with E-state index >= 15 is 0 Å². The van der Waals surface area contributed by atoms with Gasteiger partial charge in [-0.3, -0.25) is 0 Å². The lowest BCUT2D eigenvalue weighted by Crippen LogP contribution is -2.02. The van der Waals surface area contributed by atoms with Gasteiger partial charge in [0.25, 0.3) is 0 Å². The molecule has 8 heteroatoms. The Balaban J connectivity index is 1.81. The number of hydrogen-bond donors (Lipinski definition) is 2. The van der Waals surface area contributed by atoms with Crippen molar-refractivity contribution in [3.8, 4) is 11.5 Å². The van der Waals surface area contributed by atoms with Gasteiger partial charge >= 0.3 is 0 Å². The summed E-state index contributed by atoms with van der Waals surface area (Å²) < 4.78 is 37.2. The molecule has 0 radical (unpaired) electrons. The number of ether oxygens (including phenoxy) is 2. The standard InChI is InChI=1S/C18H16F2N4O2/c1-25-12-4-6-15(16(10-12)26-2)23-18-21-8-7-17(24-18)22-14-5-3-11(19)9-13(14)20/h3-10H,1-2H3,(H2,21,22,23,24). The van der Waals surface area contributed by atoms with Crippen LogP contribution in [0, 0.1) is 11.6 Å². The summed E-state index contributed by atoms with van der Waals surface area (Å²) in [6, 6.07) is 10.1. The third-order valence-corrected chi connectivity index (χ3v) is 3.50. The quantitative estimate of drug-likeness (QED) is 0.686. The molecule has 0 spiro atoms. The Bertz CT molecular complexity index is 921. The van der Waals surface area contributed by atoms with Crippen LogP contribution in [-0.4, -0.2) is 24.2 Å². The molecule has 3 rings (SSSR count). The van der Waals surface area contributed by atoms with E-state index in [0.29, 0.717) is 23.0 Å². The van der Waals surface area contributed by atoms with Gasteiger partial charge in [0.2, 0.25) is 5.95 Å². The zero-order valence-electron chi connectivity index (χ0n) is 14.1. The van der Waals surface area contributed by atoms with E-state index < -0.39 is 11.6 Å². The van der Waals surface area contributed by atoms with Crippen molar-refractivity contribution in [2.24, 2.45) is 0 Å². The lowest BCUT2D eigenvalue weighted by molar-refractivity contribution is 0.395. The molecule has 0 aliphatic heterocycles. The van der Waals surface area contributed by atoms with Crippen molar-refractivity contribution >= 4 is 23.1 Å². The highest BCUT2D eigenvalue weighted by Gasteiger charge is 2.09. The van der Waals surface area contributed by atoms with Crippen molar-refractivity contribution in [1.29, 1.82) is 0 Å². The van der Waals surface area contributed by atoms with E-state index in [4.69, 9.17) is 9.47 Å². The summed E-state index contributed by atoms with van der Waals surface area (Å²) in [4.78, 5) is 8.39. The Hall–Kier alpha value is -3.42. The van der Waals surface area contributed by atoms with Crippen LogP contribution < -0.4 is 20.1 Å². The van der Waals surface area contributed by atoms with Crippen molar-refractivity contribution in [3.05, 3.63) is 60.3 Å². The van der Waals surface area contributed by atoms with E-state index in [1.807, 2.05) is 0 Å². The Kier molecular flexibility index (Phi) is 5.12. The molecular formula is C18H16F2N4O2. The fraction of sp³-hybridized carbons (Fsp3) is 0.111. The molecule has 0 amide bonds. The number of hydrogen-bond acceptors (Lipinski definition) is 6. The monoisotopic (exact) mass is 358 g/mol. The van der Waals surface area contributed by atoms with E-state index in [0.717, 1.165) is 12.1 Å². The topological polar surface area (TPSA) is 68.3 Å². The second-order valence-corrected chi connectivity index (χ2v) is 5.21. The molecule has 26 heavy (non-hydrogen) atoms. The summed E-state index contributed by atoms with van der Waals surface area (Å²) >= 11 is 0. The number of rotatable bonds is 6. The zero-order chi connectivity index (χ0) is 18.5. The van der Waals surface area contributed by atoms with Crippen LogP contribution in [0.4, 0.5) is 31.9 Å². The smallest absolute Gasteiger partial charge is 0.229 e. The average Bonchev–Trinajstić information content (AvgIpc) is 2.65. The van der Waals surface area contributed by atoms with Crippen LogP contribution in [0.3, 0.4) is 0 Å². The van der Waals surface area contributed by atoms with Crippen LogP contribution in [0.1, 0.15) is 0 Å². The summed E-state index contributed by atoms with van der Waals surface area (Å²) in [5, 5.41) is 5.82. The fourth-order valence-electron chi connectivity index (χ4n) is 2.24. The van der Waals surface area contributed by atoms with Gasteiger partial charge in [0.15, 0.2) is 0 Å². The zero-order valence-corrected chi connectivity index (χ0v) is 14.1. The third kappa shape index (κ3) is 3.97. The van der Waals surface area contributed by atoms with Crippen molar-refractivity contribution in [3.63, 3.8) is 0 Å². The second kappa shape index (κ2) is 7.64. The summed E-state index contributed by atoms with van der Waals surface area (Å²) in [5.41, 5.74) is 0.747. The fourth-order valence-corrected chi connectivity index (χ4v) is 2.24. The normalized spacial score (nSPS) is 10.3. The highest BCUT2D eigenvalue weighted by Crippen LogP contribution is 2.31. The Morgan fingerprint density at radius 1 is 0.885 bits per heavy atom. The van der Waals surface area contributed by atoms with Gasteiger partial charge in [-0.1, -0.05) is 0 Å². The molecule has 0 saturated heterocycles. The molecule has 1 heterocycles. The number of aromatic nitrogens is 2. The minimum absolute atomic E-state index is 0.109. The van der Waals surface area contributed by atoms with E-state index in [1.54, 1.807) is 31.4 Å². The predicted molar refractivity (Wildman–Crippen MR) is 94.5 cm³/mol. The minimum atomic E-state index is -0.713. The maximum atomic E-state index is 13.8. The van der Waals surface area contributed by atoms with Gasteiger partial charge in [-0.05, 0) is 30.3 Å². The van der Waals surface area contributed by atoms with Crippen molar-refractivity contribution < 1.29 is 18.3 Å². The molecule has 0 aliphatic rings. The highest BCUT2D eigenvalue weighted by molar-refractivity contribution is 5.65. The Morgan fingerprint density at radius 3 is 2.42 bits per heavy atom. The summed E-state index contributed by atoms with van der Waals surface area (Å²) in [7, 11) is 3.10. The van der Waals surface area contributed by atoms with E-state index in [9.17, 15) is 8.78 Å². The van der Waals surface area contributed by atoms with Crippen LogP contribution in [0.15, 0.2) is 48.7 Å². The number of nitrogens with one attached hydrogen (secondary N) is 2. The molecule has 2 N–H and O–H groups in total. The Labute approximate surface area is 148 Å². The largest absolute Gasteiger partial charge is 0.497 e. The van der Waals surface area contributed by atoms with Crippen molar-refractivity contribution in [2.75, 3.05) is 24.9 Å². The number of methoxy groups -OCH3 is 2. The molecule has 0 bridgehead atoms. The summed E-state index contributed by atoms with van der Waals surface area (Å²) in [6.45, 7) is 0. The summed E-state index contributed by atoms with van der Waals surface area (Å²) in [6.07, 6.45) is 1.51.